The van der Waals surface area contributed by atoms with Crippen molar-refractivity contribution in [3.05, 3.63) is 0 Å². The first-order valence-electron chi connectivity index (χ1n) is 6.50. The summed E-state index contributed by atoms with van der Waals surface area (Å²) >= 11 is 0. The van der Waals surface area contributed by atoms with Crippen molar-refractivity contribution in [2.45, 2.75) is 47.0 Å². The zero-order valence-electron chi connectivity index (χ0n) is 11.7. The highest BCUT2D eigenvalue weighted by Gasteiger charge is 2.15. The van der Waals surface area contributed by atoms with Crippen LogP contribution in [-0.4, -0.2) is 30.8 Å². The molecule has 0 fully saturated rings. The Morgan fingerprint density at radius 2 is 1.82 bits per heavy atom. The molecule has 0 saturated carbocycles. The number of nitrogens with one attached hydrogen (secondary N) is 2. The summed E-state index contributed by atoms with van der Waals surface area (Å²) in [4.78, 5) is 11.3. The first-order valence-corrected chi connectivity index (χ1v) is 6.50. The minimum Gasteiger partial charge on any atom is -0.396 e. The molecule has 0 unspecified atom stereocenters. The second-order valence-electron chi connectivity index (χ2n) is 5.79. The van der Waals surface area contributed by atoms with Gasteiger partial charge in [-0.25, -0.2) is 4.79 Å². The number of rotatable bonds is 8. The van der Waals surface area contributed by atoms with E-state index >= 15 is 0 Å². The fourth-order valence-corrected chi connectivity index (χ4v) is 1.38. The van der Waals surface area contributed by atoms with Crippen molar-refractivity contribution < 1.29 is 9.90 Å². The summed E-state index contributed by atoms with van der Waals surface area (Å²) in [7, 11) is 0. The van der Waals surface area contributed by atoms with E-state index in [1.807, 2.05) is 13.8 Å². The lowest BCUT2D eigenvalue weighted by molar-refractivity contribution is 0.148. The number of hydrogen-bond donors (Lipinski definition) is 3. The van der Waals surface area contributed by atoms with E-state index in [2.05, 4.69) is 24.5 Å². The van der Waals surface area contributed by atoms with E-state index < -0.39 is 0 Å². The van der Waals surface area contributed by atoms with Crippen molar-refractivity contribution in [3.8, 4) is 0 Å². The average Bonchev–Trinajstić information content (AvgIpc) is 2.24. The van der Waals surface area contributed by atoms with E-state index in [-0.39, 0.29) is 18.1 Å². The highest BCUT2D eigenvalue weighted by atomic mass is 16.3. The lowest BCUT2D eigenvalue weighted by atomic mass is 9.89. The normalized spacial score (nSPS) is 11.6. The molecular weight excluding hydrogens is 216 g/mol. The van der Waals surface area contributed by atoms with E-state index in [9.17, 15) is 4.79 Å². The van der Waals surface area contributed by atoms with Crippen molar-refractivity contribution in [1.82, 2.24) is 10.6 Å². The van der Waals surface area contributed by atoms with Gasteiger partial charge in [-0.3, -0.25) is 0 Å². The number of urea groups is 1. The maximum atomic E-state index is 11.3. The van der Waals surface area contributed by atoms with Gasteiger partial charge in [0.15, 0.2) is 0 Å². The topological polar surface area (TPSA) is 61.4 Å². The number of carbonyl (C=O) groups is 1. The second kappa shape index (κ2) is 8.34. The molecule has 3 N–H and O–H groups in total. The van der Waals surface area contributed by atoms with Crippen LogP contribution < -0.4 is 10.6 Å². The Labute approximate surface area is 105 Å². The zero-order valence-corrected chi connectivity index (χ0v) is 11.7. The van der Waals surface area contributed by atoms with Crippen molar-refractivity contribution in [2.24, 2.45) is 11.3 Å². The van der Waals surface area contributed by atoms with Gasteiger partial charge in [0.25, 0.3) is 0 Å². The van der Waals surface area contributed by atoms with Gasteiger partial charge in [0.05, 0.1) is 0 Å². The molecule has 0 atom stereocenters. The van der Waals surface area contributed by atoms with Crippen molar-refractivity contribution in [2.75, 3.05) is 19.7 Å². The number of hydrogen-bond acceptors (Lipinski definition) is 2. The smallest absolute Gasteiger partial charge is 0.314 e. The van der Waals surface area contributed by atoms with Crippen LogP contribution in [0, 0.1) is 11.3 Å². The number of amides is 2. The Morgan fingerprint density at radius 3 is 2.35 bits per heavy atom. The Bertz CT molecular complexity index is 215. The molecule has 0 bridgehead atoms. The molecule has 0 spiro atoms. The summed E-state index contributed by atoms with van der Waals surface area (Å²) in [5, 5.41) is 14.7. The SMILES string of the molecule is CC(C)CCNC(=O)NCCCC(C)(C)CO. The van der Waals surface area contributed by atoms with Gasteiger partial charge in [-0.2, -0.15) is 0 Å². The predicted molar refractivity (Wildman–Crippen MR) is 71.0 cm³/mol. The molecule has 0 aromatic carbocycles. The minimum absolute atomic E-state index is 0.0458. The van der Waals surface area contributed by atoms with Crippen molar-refractivity contribution in [1.29, 1.82) is 0 Å². The third-order valence-electron chi connectivity index (χ3n) is 2.75. The number of aliphatic hydroxyl groups excluding tert-OH is 1. The van der Waals surface area contributed by atoms with Gasteiger partial charge in [-0.15, -0.1) is 0 Å². The van der Waals surface area contributed by atoms with Crippen LogP contribution in [0.3, 0.4) is 0 Å². The van der Waals surface area contributed by atoms with Gasteiger partial charge < -0.3 is 15.7 Å². The lowest BCUT2D eigenvalue weighted by Crippen LogP contribution is -2.37. The summed E-state index contributed by atoms with van der Waals surface area (Å²) in [6.45, 7) is 9.90. The Kier molecular flexibility index (Phi) is 7.96. The molecule has 0 radical (unpaired) electrons. The van der Waals surface area contributed by atoms with Gasteiger partial charge in [0.1, 0.15) is 0 Å². The zero-order chi connectivity index (χ0) is 13.3. The molecule has 0 aromatic rings. The fourth-order valence-electron chi connectivity index (χ4n) is 1.38. The molecule has 0 heterocycles. The number of carbonyl (C=O) groups excluding carboxylic acids is 1. The van der Waals surface area contributed by atoms with E-state index in [4.69, 9.17) is 5.11 Å². The average molecular weight is 244 g/mol. The largest absolute Gasteiger partial charge is 0.396 e. The molecule has 0 rings (SSSR count). The van der Waals surface area contributed by atoms with Gasteiger partial charge in [0.2, 0.25) is 0 Å². The maximum Gasteiger partial charge on any atom is 0.314 e. The first kappa shape index (κ1) is 16.2. The summed E-state index contributed by atoms with van der Waals surface area (Å²) < 4.78 is 0. The minimum atomic E-state index is -0.0903. The van der Waals surface area contributed by atoms with Gasteiger partial charge in [-0.1, -0.05) is 27.7 Å². The van der Waals surface area contributed by atoms with Crippen LogP contribution in [0.25, 0.3) is 0 Å². The van der Waals surface area contributed by atoms with Gasteiger partial charge in [0, 0.05) is 19.7 Å². The van der Waals surface area contributed by atoms with Crippen molar-refractivity contribution >= 4 is 6.03 Å². The molecule has 0 aliphatic heterocycles. The number of aliphatic hydroxyl groups is 1. The molecule has 4 heteroatoms. The van der Waals surface area contributed by atoms with E-state index in [1.165, 1.54) is 0 Å². The molecule has 0 aliphatic rings. The molecule has 0 aromatic heterocycles. The molecule has 17 heavy (non-hydrogen) atoms. The fraction of sp³-hybridized carbons (Fsp3) is 0.923. The first-order chi connectivity index (χ1) is 7.87. The van der Waals surface area contributed by atoms with E-state index in [0.29, 0.717) is 12.5 Å². The molecule has 2 amide bonds. The molecular formula is C13H28N2O2. The predicted octanol–water partition coefficient (Wildman–Crippen LogP) is 2.13. The van der Waals surface area contributed by atoms with Crippen LogP contribution in [0.5, 0.6) is 0 Å². The lowest BCUT2D eigenvalue weighted by Gasteiger charge is -2.21. The van der Waals surface area contributed by atoms with Crippen LogP contribution in [0.1, 0.15) is 47.0 Å². The van der Waals surface area contributed by atoms with Crippen LogP contribution in [-0.2, 0) is 0 Å². The summed E-state index contributed by atoms with van der Waals surface area (Å²) in [6.07, 6.45) is 2.81. The Hall–Kier alpha value is -0.770. The van der Waals surface area contributed by atoms with Gasteiger partial charge >= 0.3 is 6.03 Å². The monoisotopic (exact) mass is 244 g/mol. The summed E-state index contributed by atoms with van der Waals surface area (Å²) in [5.41, 5.74) is -0.0458. The maximum absolute atomic E-state index is 11.3. The van der Waals surface area contributed by atoms with E-state index in [1.54, 1.807) is 0 Å². The summed E-state index contributed by atoms with van der Waals surface area (Å²) in [5.74, 6) is 0.612. The van der Waals surface area contributed by atoms with Crippen LogP contribution >= 0.6 is 0 Å². The van der Waals surface area contributed by atoms with Crippen molar-refractivity contribution in [3.63, 3.8) is 0 Å². The highest BCUT2D eigenvalue weighted by Crippen LogP contribution is 2.20. The molecule has 102 valence electrons. The van der Waals surface area contributed by atoms with Crippen LogP contribution in [0.2, 0.25) is 0 Å². The third-order valence-corrected chi connectivity index (χ3v) is 2.75. The quantitative estimate of drug-likeness (QED) is 0.573. The van der Waals surface area contributed by atoms with Gasteiger partial charge in [-0.05, 0) is 30.6 Å². The second-order valence-corrected chi connectivity index (χ2v) is 5.79. The highest BCUT2D eigenvalue weighted by molar-refractivity contribution is 5.73. The molecule has 0 aliphatic carbocycles. The summed E-state index contributed by atoms with van der Waals surface area (Å²) in [6, 6.07) is -0.0903. The third kappa shape index (κ3) is 10.1. The standard InChI is InChI=1S/C13H28N2O2/c1-11(2)6-9-15-12(17)14-8-5-7-13(3,4)10-16/h11,16H,5-10H2,1-4H3,(H2,14,15,17). The van der Waals surface area contributed by atoms with Crippen LogP contribution in [0.15, 0.2) is 0 Å². The van der Waals surface area contributed by atoms with Crippen LogP contribution in [0.4, 0.5) is 4.79 Å². The molecule has 4 nitrogen and oxygen atoms in total. The Morgan fingerprint density at radius 1 is 1.24 bits per heavy atom. The Balaban J connectivity index is 3.46. The van der Waals surface area contributed by atoms with E-state index in [0.717, 1.165) is 25.8 Å². The molecule has 0 saturated heterocycles.